The van der Waals surface area contributed by atoms with Gasteiger partial charge in [0.25, 0.3) is 5.78 Å². The Balaban J connectivity index is 3.20. The smallest absolute Gasteiger partial charge is 0.319 e. The monoisotopic (exact) mass is 332 g/mol. The van der Waals surface area contributed by atoms with Crippen molar-refractivity contribution >= 4 is 28.5 Å². The van der Waals surface area contributed by atoms with Gasteiger partial charge in [-0.25, -0.2) is 0 Å². The second-order valence-electron chi connectivity index (χ2n) is 5.00. The molecule has 120 valence electrons. The van der Waals surface area contributed by atoms with Crippen molar-refractivity contribution in [2.75, 3.05) is 28.2 Å². The minimum Gasteiger partial charge on any atom is -0.363 e. The van der Waals surface area contributed by atoms with Gasteiger partial charge < -0.3 is 9.80 Å². The van der Waals surface area contributed by atoms with Gasteiger partial charge in [-0.1, -0.05) is 41.9 Å². The maximum atomic E-state index is 12.0. The third kappa shape index (κ3) is 4.66. The molecule has 0 fully saturated rings. The summed E-state index contributed by atoms with van der Waals surface area (Å²) < 4.78 is 0. The summed E-state index contributed by atoms with van der Waals surface area (Å²) in [7, 11) is 6.92. The lowest BCUT2D eigenvalue weighted by atomic mass is 10.1. The number of rotatable bonds is 5. The minimum absolute atomic E-state index is 0.0101. The van der Waals surface area contributed by atoms with Gasteiger partial charge in [-0.3, -0.25) is 9.59 Å². The molecule has 0 saturated carbocycles. The molecule has 7 heteroatoms. The molecule has 1 amide bonds. The van der Waals surface area contributed by atoms with Crippen LogP contribution in [0.1, 0.15) is 10.4 Å². The van der Waals surface area contributed by atoms with E-state index < -0.39 is 11.7 Å². The van der Waals surface area contributed by atoms with Crippen molar-refractivity contribution in [1.82, 2.24) is 9.80 Å². The lowest BCUT2D eigenvalue weighted by Crippen LogP contribution is -2.28. The van der Waals surface area contributed by atoms with Crippen LogP contribution in [0.25, 0.3) is 0 Å². The van der Waals surface area contributed by atoms with Gasteiger partial charge >= 0.3 is 5.91 Å². The van der Waals surface area contributed by atoms with Crippen molar-refractivity contribution in [2.45, 2.75) is 0 Å². The molecule has 0 aliphatic carbocycles. The summed E-state index contributed by atoms with van der Waals surface area (Å²) in [4.78, 5) is 30.9. The highest BCUT2D eigenvalue weighted by Gasteiger charge is 2.20. The van der Waals surface area contributed by atoms with Crippen LogP contribution in [-0.4, -0.2) is 54.9 Å². The van der Waals surface area contributed by atoms with Gasteiger partial charge in [0, 0.05) is 33.8 Å². The van der Waals surface area contributed by atoms with Crippen LogP contribution in [0.4, 0.5) is 0 Å². The number of allylic oxidation sites excluding steroid dienone is 1. The van der Waals surface area contributed by atoms with Gasteiger partial charge in [-0.2, -0.15) is 10.3 Å². The zero-order chi connectivity index (χ0) is 17.6. The number of hydrogen-bond acceptors (Lipinski definition) is 5. The number of carbonyl (C=O) groups excluding carboxylic acids is 2. The van der Waals surface area contributed by atoms with Crippen molar-refractivity contribution in [3.05, 3.63) is 47.3 Å². The Labute approximate surface area is 140 Å². The van der Waals surface area contributed by atoms with E-state index in [-0.39, 0.29) is 16.3 Å². The number of halogens is 1. The Morgan fingerprint density at radius 2 is 1.61 bits per heavy atom. The fourth-order valence-corrected chi connectivity index (χ4v) is 2.15. The van der Waals surface area contributed by atoms with Gasteiger partial charge in [0.05, 0.1) is 0 Å². The topological polar surface area (TPSA) is 76.8 Å². The van der Waals surface area contributed by atoms with E-state index in [2.05, 4.69) is 4.99 Å². The van der Waals surface area contributed by atoms with Crippen molar-refractivity contribution in [1.29, 1.82) is 5.26 Å². The average Bonchev–Trinajstić information content (AvgIpc) is 2.51. The highest BCUT2D eigenvalue weighted by Crippen LogP contribution is 2.14. The number of ketones is 1. The summed E-state index contributed by atoms with van der Waals surface area (Å²) in [6.07, 6.45) is 0. The first-order valence-corrected chi connectivity index (χ1v) is 7.04. The Kier molecular flexibility index (Phi) is 6.49. The van der Waals surface area contributed by atoms with Gasteiger partial charge in [-0.15, -0.1) is 0 Å². The lowest BCUT2D eigenvalue weighted by molar-refractivity contribution is -0.113. The molecule has 0 unspecified atom stereocenters. The number of carbonyl (C=O) groups is 2. The van der Waals surface area contributed by atoms with Crippen LogP contribution in [0.15, 0.2) is 46.7 Å². The molecule has 0 aromatic heterocycles. The third-order valence-corrected chi connectivity index (χ3v) is 3.09. The molecular formula is C16H17ClN4O2. The van der Waals surface area contributed by atoms with Crippen LogP contribution in [0.5, 0.6) is 0 Å². The van der Waals surface area contributed by atoms with Gasteiger partial charge in [0.1, 0.15) is 17.5 Å². The Morgan fingerprint density at radius 3 is 2.04 bits per heavy atom. The summed E-state index contributed by atoms with van der Waals surface area (Å²) in [5.41, 5.74) is 0.226. The molecule has 0 spiro atoms. The SMILES string of the molecule is CN(C)C(=C(C#N)C(Cl)=NC(=O)C(=O)c1ccccc1)N(C)C. The third-order valence-electron chi connectivity index (χ3n) is 2.82. The van der Waals surface area contributed by atoms with E-state index in [1.54, 1.807) is 56.2 Å². The van der Waals surface area contributed by atoms with Crippen LogP contribution in [0, 0.1) is 11.3 Å². The molecule has 0 aliphatic heterocycles. The number of nitriles is 1. The standard InChI is InChI=1S/C16H17ClN4O2/c1-20(2)16(21(3)4)12(10-18)14(17)19-15(23)13(22)11-8-6-5-7-9-11/h5-9H,1-4H3. The Morgan fingerprint density at radius 1 is 1.09 bits per heavy atom. The normalized spacial score (nSPS) is 10.5. The molecule has 1 aromatic rings. The molecule has 0 radical (unpaired) electrons. The number of nitrogens with zero attached hydrogens (tertiary/aromatic N) is 4. The lowest BCUT2D eigenvalue weighted by Gasteiger charge is -2.25. The highest BCUT2D eigenvalue weighted by atomic mass is 35.5. The summed E-state index contributed by atoms with van der Waals surface area (Å²) in [5, 5.41) is 8.99. The predicted octanol–water partition coefficient (Wildman–Crippen LogP) is 1.89. The first-order valence-electron chi connectivity index (χ1n) is 6.66. The van der Waals surface area contributed by atoms with E-state index in [0.717, 1.165) is 0 Å². The highest BCUT2D eigenvalue weighted by molar-refractivity contribution is 6.71. The number of amides is 1. The number of Topliss-reactive ketones (excluding diaryl/α,β-unsaturated/α-hetero) is 1. The summed E-state index contributed by atoms with van der Waals surface area (Å²) >= 11 is 6.00. The largest absolute Gasteiger partial charge is 0.363 e. The van der Waals surface area contributed by atoms with Crippen molar-refractivity contribution in [3.8, 4) is 6.07 Å². The fourth-order valence-electron chi connectivity index (χ4n) is 1.94. The predicted molar refractivity (Wildman–Crippen MR) is 89.1 cm³/mol. The summed E-state index contributed by atoms with van der Waals surface area (Å²) in [5.74, 6) is -1.33. The van der Waals surface area contributed by atoms with E-state index in [4.69, 9.17) is 11.6 Å². The van der Waals surface area contributed by atoms with E-state index in [9.17, 15) is 14.9 Å². The average molecular weight is 333 g/mol. The molecule has 23 heavy (non-hydrogen) atoms. The van der Waals surface area contributed by atoms with Crippen molar-refractivity contribution < 1.29 is 9.59 Å². The van der Waals surface area contributed by atoms with E-state index in [1.165, 1.54) is 12.1 Å². The summed E-state index contributed by atoms with van der Waals surface area (Å²) in [6, 6.07) is 9.95. The molecule has 0 saturated heterocycles. The first-order chi connectivity index (χ1) is 10.8. The zero-order valence-electron chi connectivity index (χ0n) is 13.4. The molecule has 0 N–H and O–H groups in total. The molecule has 1 rings (SSSR count). The summed E-state index contributed by atoms with van der Waals surface area (Å²) in [6.45, 7) is 0. The molecule has 0 heterocycles. The molecular weight excluding hydrogens is 316 g/mol. The van der Waals surface area contributed by atoms with Crippen molar-refractivity contribution in [2.24, 2.45) is 4.99 Å². The Bertz CT molecular complexity index is 691. The Hall–Kier alpha value is -2.65. The quantitative estimate of drug-likeness (QED) is 0.356. The van der Waals surface area contributed by atoms with Gasteiger partial charge in [0.15, 0.2) is 5.17 Å². The first kappa shape index (κ1) is 18.4. The van der Waals surface area contributed by atoms with Gasteiger partial charge in [0.2, 0.25) is 0 Å². The number of benzene rings is 1. The van der Waals surface area contributed by atoms with E-state index in [0.29, 0.717) is 5.82 Å². The second-order valence-corrected chi connectivity index (χ2v) is 5.36. The van der Waals surface area contributed by atoms with Crippen LogP contribution < -0.4 is 0 Å². The molecule has 0 atom stereocenters. The molecule has 0 bridgehead atoms. The zero-order valence-corrected chi connectivity index (χ0v) is 14.1. The maximum absolute atomic E-state index is 12.0. The number of aliphatic imine (C=N–C) groups is 1. The number of hydrogen-bond donors (Lipinski definition) is 0. The molecule has 1 aromatic carbocycles. The maximum Gasteiger partial charge on any atom is 0.319 e. The van der Waals surface area contributed by atoms with Crippen LogP contribution in [0.3, 0.4) is 0 Å². The molecule has 6 nitrogen and oxygen atoms in total. The van der Waals surface area contributed by atoms with E-state index in [1.807, 2.05) is 6.07 Å². The second kappa shape index (κ2) is 8.11. The minimum atomic E-state index is -1.02. The molecule has 0 aliphatic rings. The van der Waals surface area contributed by atoms with Crippen LogP contribution >= 0.6 is 11.6 Å². The van der Waals surface area contributed by atoms with Gasteiger partial charge in [-0.05, 0) is 0 Å². The van der Waals surface area contributed by atoms with Crippen LogP contribution in [0.2, 0.25) is 0 Å². The van der Waals surface area contributed by atoms with Crippen molar-refractivity contribution in [3.63, 3.8) is 0 Å². The fraction of sp³-hybridized carbons (Fsp3) is 0.250. The van der Waals surface area contributed by atoms with Crippen LogP contribution in [-0.2, 0) is 4.79 Å². The van der Waals surface area contributed by atoms with E-state index >= 15 is 0 Å².